The van der Waals surface area contributed by atoms with Crippen LogP contribution in [0.2, 0.25) is 5.02 Å². The number of amides is 2. The highest BCUT2D eigenvalue weighted by Crippen LogP contribution is 2.19. The van der Waals surface area contributed by atoms with E-state index >= 15 is 0 Å². The second-order valence-electron chi connectivity index (χ2n) is 7.37. The summed E-state index contributed by atoms with van der Waals surface area (Å²) < 4.78 is 1.48. The molecule has 1 aliphatic rings. The lowest BCUT2D eigenvalue weighted by Gasteiger charge is -2.26. The molecule has 1 aliphatic heterocycles. The third kappa shape index (κ3) is 4.93. The molecule has 1 aromatic heterocycles. The lowest BCUT2D eigenvalue weighted by molar-refractivity contribution is -0.148. The van der Waals surface area contributed by atoms with Gasteiger partial charge >= 0.3 is 0 Å². The fourth-order valence-electron chi connectivity index (χ4n) is 3.62. The number of tetrazole rings is 1. The van der Waals surface area contributed by atoms with E-state index in [9.17, 15) is 14.7 Å². The van der Waals surface area contributed by atoms with E-state index < -0.39 is 18.1 Å². The molecule has 0 aliphatic carbocycles. The molecule has 3 N–H and O–H groups in total. The van der Waals surface area contributed by atoms with Gasteiger partial charge in [0, 0.05) is 24.5 Å². The van der Waals surface area contributed by atoms with E-state index in [2.05, 4.69) is 26.3 Å². The van der Waals surface area contributed by atoms with Gasteiger partial charge in [0.1, 0.15) is 18.5 Å². The summed E-state index contributed by atoms with van der Waals surface area (Å²) in [5, 5.41) is 26.1. The van der Waals surface area contributed by atoms with Crippen LogP contribution < -0.4 is 10.7 Å². The number of rotatable bonds is 7. The molecule has 2 amide bonds. The minimum Gasteiger partial charge on any atom is -0.383 e. The molecule has 1 fully saturated rings. The number of nitrogens with one attached hydrogen (secondary N) is 2. The molecule has 0 spiro atoms. The molecule has 2 atom stereocenters. The molecule has 4 rings (SSSR count). The van der Waals surface area contributed by atoms with E-state index in [0.29, 0.717) is 29.2 Å². The minimum atomic E-state index is -1.25. The SMILES string of the molecule is O=C(NCc1cc(Cl)ccc1-n1cnnn1)C1CCNN1C(=O)[C@H](O)Cc1ccccc1. The first-order chi connectivity index (χ1) is 15.5. The lowest BCUT2D eigenvalue weighted by atomic mass is 10.1. The number of aromatic nitrogens is 4. The average molecular weight is 456 g/mol. The maximum absolute atomic E-state index is 12.9. The van der Waals surface area contributed by atoms with Crippen molar-refractivity contribution in [3.05, 3.63) is 71.0 Å². The van der Waals surface area contributed by atoms with Crippen molar-refractivity contribution in [3.63, 3.8) is 0 Å². The minimum absolute atomic E-state index is 0.166. The monoisotopic (exact) mass is 455 g/mol. The van der Waals surface area contributed by atoms with Gasteiger partial charge in [0.2, 0.25) is 5.91 Å². The number of aliphatic hydroxyl groups is 1. The second-order valence-corrected chi connectivity index (χ2v) is 7.81. The van der Waals surface area contributed by atoms with Crippen molar-refractivity contribution in [2.45, 2.75) is 31.5 Å². The Morgan fingerprint density at radius 2 is 2.06 bits per heavy atom. The van der Waals surface area contributed by atoms with Crippen LogP contribution in [0.4, 0.5) is 0 Å². The quantitative estimate of drug-likeness (QED) is 0.477. The van der Waals surface area contributed by atoms with Gasteiger partial charge < -0.3 is 10.4 Å². The molecule has 2 aromatic carbocycles. The Balaban J connectivity index is 1.41. The van der Waals surface area contributed by atoms with Gasteiger partial charge in [-0.25, -0.2) is 10.1 Å². The molecule has 32 heavy (non-hydrogen) atoms. The predicted molar refractivity (Wildman–Crippen MR) is 115 cm³/mol. The fraction of sp³-hybridized carbons (Fsp3) is 0.286. The summed E-state index contributed by atoms with van der Waals surface area (Å²) in [4.78, 5) is 25.7. The Kier molecular flexibility index (Phi) is 6.74. The Morgan fingerprint density at radius 3 is 2.81 bits per heavy atom. The van der Waals surface area contributed by atoms with Crippen LogP contribution in [0.1, 0.15) is 17.5 Å². The smallest absolute Gasteiger partial charge is 0.266 e. The molecular weight excluding hydrogens is 434 g/mol. The van der Waals surface area contributed by atoms with E-state index in [4.69, 9.17) is 11.6 Å². The van der Waals surface area contributed by atoms with Crippen molar-refractivity contribution in [3.8, 4) is 5.69 Å². The van der Waals surface area contributed by atoms with Gasteiger partial charge in [0.25, 0.3) is 5.91 Å². The van der Waals surface area contributed by atoms with E-state index in [1.54, 1.807) is 18.2 Å². The summed E-state index contributed by atoms with van der Waals surface area (Å²) in [5.41, 5.74) is 5.13. The zero-order valence-electron chi connectivity index (χ0n) is 17.1. The van der Waals surface area contributed by atoms with Crippen molar-refractivity contribution in [1.82, 2.24) is 36.0 Å². The van der Waals surface area contributed by atoms with Crippen LogP contribution in [-0.2, 0) is 22.6 Å². The number of aliphatic hydroxyl groups excluding tert-OH is 1. The molecule has 2 heterocycles. The zero-order chi connectivity index (χ0) is 22.5. The number of hydrazine groups is 1. The molecule has 0 bridgehead atoms. The summed E-state index contributed by atoms with van der Waals surface area (Å²) >= 11 is 6.12. The Bertz CT molecular complexity index is 1080. The number of hydrogen-bond acceptors (Lipinski definition) is 7. The van der Waals surface area contributed by atoms with Gasteiger partial charge in [0.05, 0.1) is 5.69 Å². The van der Waals surface area contributed by atoms with E-state index in [-0.39, 0.29) is 18.9 Å². The van der Waals surface area contributed by atoms with Crippen molar-refractivity contribution < 1.29 is 14.7 Å². The summed E-state index contributed by atoms with van der Waals surface area (Å²) in [6, 6.07) is 13.7. The Labute approximate surface area is 189 Å². The van der Waals surface area contributed by atoms with Gasteiger partial charge in [-0.1, -0.05) is 41.9 Å². The number of halogens is 1. The highest BCUT2D eigenvalue weighted by atomic mass is 35.5. The first-order valence-corrected chi connectivity index (χ1v) is 10.5. The van der Waals surface area contributed by atoms with Gasteiger partial charge in [-0.15, -0.1) is 5.10 Å². The van der Waals surface area contributed by atoms with Crippen LogP contribution in [0, 0.1) is 0 Å². The maximum atomic E-state index is 12.9. The first-order valence-electron chi connectivity index (χ1n) is 10.1. The normalized spacial score (nSPS) is 16.7. The van der Waals surface area contributed by atoms with Gasteiger partial charge in [-0.05, 0) is 46.2 Å². The average Bonchev–Trinajstić information content (AvgIpc) is 3.50. The van der Waals surface area contributed by atoms with Gasteiger partial charge in [-0.3, -0.25) is 14.6 Å². The number of carbonyl (C=O) groups is 2. The molecule has 1 saturated heterocycles. The second kappa shape index (κ2) is 9.86. The van der Waals surface area contributed by atoms with Crippen molar-refractivity contribution >= 4 is 23.4 Å². The van der Waals surface area contributed by atoms with Crippen LogP contribution in [0.3, 0.4) is 0 Å². The van der Waals surface area contributed by atoms with Crippen molar-refractivity contribution in [2.75, 3.05) is 6.54 Å². The fourth-order valence-corrected chi connectivity index (χ4v) is 3.81. The molecule has 166 valence electrons. The Morgan fingerprint density at radius 1 is 1.25 bits per heavy atom. The predicted octanol–water partition coefficient (Wildman–Crippen LogP) is 0.641. The third-order valence-electron chi connectivity index (χ3n) is 5.20. The molecule has 3 aromatic rings. The molecular formula is C21H22ClN7O3. The van der Waals surface area contributed by atoms with E-state index in [1.165, 1.54) is 16.0 Å². The molecule has 11 heteroatoms. The zero-order valence-corrected chi connectivity index (χ0v) is 17.8. The Hall–Kier alpha value is -3.34. The van der Waals surface area contributed by atoms with Crippen molar-refractivity contribution in [2.24, 2.45) is 0 Å². The summed E-state index contributed by atoms with van der Waals surface area (Å²) in [6.45, 7) is 0.620. The van der Waals surface area contributed by atoms with E-state index in [1.807, 2.05) is 30.3 Å². The topological polar surface area (TPSA) is 125 Å². The van der Waals surface area contributed by atoms with Crippen LogP contribution in [0.15, 0.2) is 54.9 Å². The number of hydrogen-bond donors (Lipinski definition) is 3. The molecule has 0 saturated carbocycles. The summed E-state index contributed by atoms with van der Waals surface area (Å²) in [7, 11) is 0. The number of carbonyl (C=O) groups excluding carboxylic acids is 2. The summed E-state index contributed by atoms with van der Waals surface area (Å²) in [6.07, 6.45) is 0.802. The number of benzene rings is 2. The van der Waals surface area contributed by atoms with Gasteiger partial charge in [-0.2, -0.15) is 0 Å². The lowest BCUT2D eigenvalue weighted by Crippen LogP contribution is -2.53. The molecule has 0 radical (unpaired) electrons. The highest BCUT2D eigenvalue weighted by molar-refractivity contribution is 6.30. The van der Waals surface area contributed by atoms with Crippen molar-refractivity contribution in [1.29, 1.82) is 0 Å². The highest BCUT2D eigenvalue weighted by Gasteiger charge is 2.36. The van der Waals surface area contributed by atoms with Crippen LogP contribution in [0.5, 0.6) is 0 Å². The standard InChI is InChI=1S/C21H22ClN7O3/c22-16-6-7-17(28-13-24-26-27-28)15(11-16)12-23-20(31)18-8-9-25-29(18)21(32)19(30)10-14-4-2-1-3-5-14/h1-7,11,13,18-19,25,30H,8-10,12H2,(H,23,31)/t18?,19-/m1/s1. The molecule has 1 unspecified atom stereocenters. The first kappa shape index (κ1) is 21.9. The largest absolute Gasteiger partial charge is 0.383 e. The van der Waals surface area contributed by atoms with Gasteiger partial charge in [0.15, 0.2) is 0 Å². The van der Waals surface area contributed by atoms with Crippen LogP contribution in [-0.4, -0.2) is 60.8 Å². The third-order valence-corrected chi connectivity index (χ3v) is 5.43. The van der Waals surface area contributed by atoms with Crippen LogP contribution >= 0.6 is 11.6 Å². The van der Waals surface area contributed by atoms with E-state index in [0.717, 1.165) is 5.56 Å². The summed E-state index contributed by atoms with van der Waals surface area (Å²) in [5.74, 6) is -0.874. The van der Waals surface area contributed by atoms with Crippen LogP contribution in [0.25, 0.3) is 5.69 Å². The maximum Gasteiger partial charge on any atom is 0.266 e. The number of nitrogens with zero attached hydrogens (tertiary/aromatic N) is 5. The molecule has 10 nitrogen and oxygen atoms in total.